The minimum Gasteiger partial charge on any atom is -0.497 e. The number of carbonyl (C=O) groups excluding carboxylic acids is 1. The van der Waals surface area contributed by atoms with Crippen molar-refractivity contribution in [1.82, 2.24) is 15.5 Å². The predicted molar refractivity (Wildman–Crippen MR) is 126 cm³/mol. The number of likely N-dealkylation sites (tertiary alicyclic amines) is 1. The molecule has 1 amide bonds. The van der Waals surface area contributed by atoms with Crippen LogP contribution in [0.15, 0.2) is 29.3 Å². The lowest BCUT2D eigenvalue weighted by Gasteiger charge is -2.20. The third-order valence-corrected chi connectivity index (χ3v) is 4.71. The van der Waals surface area contributed by atoms with Crippen molar-refractivity contribution in [3.05, 3.63) is 29.8 Å². The van der Waals surface area contributed by atoms with Crippen molar-refractivity contribution in [3.63, 3.8) is 0 Å². The Morgan fingerprint density at radius 3 is 2.86 bits per heavy atom. The van der Waals surface area contributed by atoms with Crippen LogP contribution in [0.25, 0.3) is 0 Å². The standard InChI is InChI=1S/C21H34N4O2.HI/c1-5-22-21(24-18-11-13-25(15-18)20(26)16(2)3)23-12-7-9-17-8-6-10-19(14-17)27-4;/h6,8,10,14,16,18H,5,7,9,11-13,15H2,1-4H3,(H2,22,23,24);1H. The van der Waals surface area contributed by atoms with Crippen molar-refractivity contribution in [2.45, 2.75) is 46.1 Å². The average molecular weight is 502 g/mol. The van der Waals surface area contributed by atoms with E-state index in [1.165, 1.54) is 5.56 Å². The van der Waals surface area contributed by atoms with Gasteiger partial charge in [0.25, 0.3) is 0 Å². The lowest BCUT2D eigenvalue weighted by atomic mass is 10.1. The van der Waals surface area contributed by atoms with E-state index in [4.69, 9.17) is 9.73 Å². The fourth-order valence-electron chi connectivity index (χ4n) is 3.26. The summed E-state index contributed by atoms with van der Waals surface area (Å²) in [6.45, 7) is 9.14. The third-order valence-electron chi connectivity index (χ3n) is 4.71. The molecule has 1 aromatic carbocycles. The zero-order valence-electron chi connectivity index (χ0n) is 17.5. The summed E-state index contributed by atoms with van der Waals surface area (Å²) in [4.78, 5) is 18.8. The van der Waals surface area contributed by atoms with Gasteiger partial charge in [-0.25, -0.2) is 0 Å². The predicted octanol–water partition coefficient (Wildman–Crippen LogP) is 3.06. The number of carbonyl (C=O) groups is 1. The van der Waals surface area contributed by atoms with Crippen LogP contribution in [0.4, 0.5) is 0 Å². The second kappa shape index (κ2) is 12.9. The number of guanidine groups is 1. The van der Waals surface area contributed by atoms with Crippen molar-refractivity contribution < 1.29 is 9.53 Å². The molecule has 1 atom stereocenters. The van der Waals surface area contributed by atoms with Crippen molar-refractivity contribution in [2.24, 2.45) is 10.9 Å². The van der Waals surface area contributed by atoms with Gasteiger partial charge in [0, 0.05) is 38.1 Å². The summed E-state index contributed by atoms with van der Waals surface area (Å²) >= 11 is 0. The number of nitrogens with one attached hydrogen (secondary N) is 2. The largest absolute Gasteiger partial charge is 0.497 e. The van der Waals surface area contributed by atoms with Crippen LogP contribution in [-0.4, -0.2) is 56.1 Å². The minimum absolute atomic E-state index is 0. The molecule has 1 aromatic rings. The number of benzene rings is 1. The lowest BCUT2D eigenvalue weighted by molar-refractivity contribution is -0.133. The molecule has 28 heavy (non-hydrogen) atoms. The number of ether oxygens (including phenoxy) is 1. The number of aliphatic imine (C=N–C) groups is 1. The van der Waals surface area contributed by atoms with E-state index in [9.17, 15) is 4.79 Å². The first kappa shape index (κ1) is 24.5. The van der Waals surface area contributed by atoms with E-state index >= 15 is 0 Å². The van der Waals surface area contributed by atoms with Gasteiger partial charge in [0.1, 0.15) is 5.75 Å². The van der Waals surface area contributed by atoms with Crippen molar-refractivity contribution >= 4 is 35.8 Å². The van der Waals surface area contributed by atoms with Gasteiger partial charge >= 0.3 is 0 Å². The Morgan fingerprint density at radius 2 is 2.18 bits per heavy atom. The van der Waals surface area contributed by atoms with E-state index in [2.05, 4.69) is 29.7 Å². The Hall–Kier alpha value is -1.51. The van der Waals surface area contributed by atoms with Crippen LogP contribution in [0, 0.1) is 5.92 Å². The average Bonchev–Trinajstić information content (AvgIpc) is 3.13. The van der Waals surface area contributed by atoms with Crippen LogP contribution >= 0.6 is 24.0 Å². The van der Waals surface area contributed by atoms with Crippen molar-refractivity contribution in [3.8, 4) is 5.75 Å². The Morgan fingerprint density at radius 1 is 1.39 bits per heavy atom. The van der Waals surface area contributed by atoms with Crippen LogP contribution < -0.4 is 15.4 Å². The highest BCUT2D eigenvalue weighted by Crippen LogP contribution is 2.14. The SMILES string of the molecule is CCNC(=NCCCc1cccc(OC)c1)NC1CCN(C(=O)C(C)C)C1.I. The first-order chi connectivity index (χ1) is 13.0. The van der Waals surface area contributed by atoms with Crippen molar-refractivity contribution in [2.75, 3.05) is 33.3 Å². The molecule has 1 aliphatic rings. The monoisotopic (exact) mass is 502 g/mol. The summed E-state index contributed by atoms with van der Waals surface area (Å²) in [5.74, 6) is 2.03. The van der Waals surface area contributed by atoms with E-state index in [0.29, 0.717) is 0 Å². The molecular weight excluding hydrogens is 467 g/mol. The number of rotatable bonds is 8. The summed E-state index contributed by atoms with van der Waals surface area (Å²) < 4.78 is 5.27. The highest BCUT2D eigenvalue weighted by molar-refractivity contribution is 14.0. The molecule has 0 spiro atoms. The second-order valence-corrected chi connectivity index (χ2v) is 7.28. The van der Waals surface area contributed by atoms with Gasteiger partial charge in [-0.1, -0.05) is 26.0 Å². The summed E-state index contributed by atoms with van der Waals surface area (Å²) in [5.41, 5.74) is 1.26. The fraction of sp³-hybridized carbons (Fsp3) is 0.619. The molecular formula is C21H35IN4O2. The number of hydrogen-bond acceptors (Lipinski definition) is 3. The Kier molecular flexibility index (Phi) is 11.3. The van der Waals surface area contributed by atoms with Gasteiger partial charge in [-0.05, 0) is 43.9 Å². The van der Waals surface area contributed by atoms with E-state index in [1.807, 2.05) is 30.9 Å². The Balaban J connectivity index is 0.00000392. The van der Waals surface area contributed by atoms with E-state index in [-0.39, 0.29) is 41.8 Å². The molecule has 7 heteroatoms. The first-order valence-electron chi connectivity index (χ1n) is 10.00. The molecule has 158 valence electrons. The van der Waals surface area contributed by atoms with Gasteiger partial charge in [0.2, 0.25) is 5.91 Å². The van der Waals surface area contributed by atoms with Gasteiger partial charge in [0.05, 0.1) is 7.11 Å². The molecule has 0 bridgehead atoms. The molecule has 1 fully saturated rings. The van der Waals surface area contributed by atoms with Gasteiger partial charge in [-0.3, -0.25) is 9.79 Å². The number of aryl methyl sites for hydroxylation is 1. The summed E-state index contributed by atoms with van der Waals surface area (Å²) in [7, 11) is 1.69. The van der Waals surface area contributed by atoms with Crippen LogP contribution in [-0.2, 0) is 11.2 Å². The van der Waals surface area contributed by atoms with Gasteiger partial charge in [-0.2, -0.15) is 0 Å². The molecule has 1 aliphatic heterocycles. The molecule has 0 radical (unpaired) electrons. The van der Waals surface area contributed by atoms with Gasteiger partial charge in [-0.15, -0.1) is 24.0 Å². The molecule has 2 rings (SSSR count). The highest BCUT2D eigenvalue weighted by atomic mass is 127. The molecule has 0 aliphatic carbocycles. The molecule has 0 aromatic heterocycles. The van der Waals surface area contributed by atoms with Crippen molar-refractivity contribution in [1.29, 1.82) is 0 Å². The second-order valence-electron chi connectivity index (χ2n) is 7.28. The highest BCUT2D eigenvalue weighted by Gasteiger charge is 2.27. The first-order valence-corrected chi connectivity index (χ1v) is 10.00. The van der Waals surface area contributed by atoms with E-state index < -0.39 is 0 Å². The molecule has 1 unspecified atom stereocenters. The van der Waals surface area contributed by atoms with Gasteiger partial charge in [0.15, 0.2) is 5.96 Å². The maximum absolute atomic E-state index is 12.1. The van der Waals surface area contributed by atoms with Crippen LogP contribution in [0.1, 0.15) is 39.2 Å². The molecule has 2 N–H and O–H groups in total. The molecule has 6 nitrogen and oxygen atoms in total. The van der Waals surface area contributed by atoms with E-state index in [0.717, 1.165) is 57.2 Å². The number of halogens is 1. The molecule has 1 heterocycles. The number of hydrogen-bond donors (Lipinski definition) is 2. The topological polar surface area (TPSA) is 66.0 Å². The van der Waals surface area contributed by atoms with Crippen LogP contribution in [0.3, 0.4) is 0 Å². The lowest BCUT2D eigenvalue weighted by Crippen LogP contribution is -2.45. The quantitative estimate of drug-likeness (QED) is 0.248. The molecule has 0 saturated carbocycles. The minimum atomic E-state index is 0. The number of methoxy groups -OCH3 is 1. The number of nitrogens with zero attached hydrogens (tertiary/aromatic N) is 2. The Bertz CT molecular complexity index is 637. The maximum Gasteiger partial charge on any atom is 0.225 e. The number of amides is 1. The molecule has 1 saturated heterocycles. The summed E-state index contributed by atoms with van der Waals surface area (Å²) in [5, 5.41) is 6.79. The van der Waals surface area contributed by atoms with Crippen LogP contribution in [0.5, 0.6) is 5.75 Å². The fourth-order valence-corrected chi connectivity index (χ4v) is 3.26. The van der Waals surface area contributed by atoms with Gasteiger partial charge < -0.3 is 20.3 Å². The normalized spacial score (nSPS) is 16.7. The van der Waals surface area contributed by atoms with Crippen LogP contribution in [0.2, 0.25) is 0 Å². The zero-order valence-corrected chi connectivity index (χ0v) is 19.9. The summed E-state index contributed by atoms with van der Waals surface area (Å²) in [6, 6.07) is 8.45. The zero-order chi connectivity index (χ0) is 19.6. The summed E-state index contributed by atoms with van der Waals surface area (Å²) in [6.07, 6.45) is 2.92. The third kappa shape index (κ3) is 7.85. The maximum atomic E-state index is 12.1. The van der Waals surface area contributed by atoms with E-state index in [1.54, 1.807) is 7.11 Å². The Labute approximate surface area is 186 Å². The smallest absolute Gasteiger partial charge is 0.225 e.